The lowest BCUT2D eigenvalue weighted by Gasteiger charge is -2.19. The molecule has 2 aromatic carbocycles. The van der Waals surface area contributed by atoms with E-state index in [1.54, 1.807) is 32.2 Å². The van der Waals surface area contributed by atoms with Crippen molar-refractivity contribution in [2.75, 3.05) is 20.3 Å². The predicted octanol–water partition coefficient (Wildman–Crippen LogP) is 4.42. The SMILES string of the molecule is CCOC(=O)CC(NCc1ccc(OCCn2c(O)ccc2O)c(OC)c1)c1ccc(Cl)cc1. The van der Waals surface area contributed by atoms with Crippen molar-refractivity contribution in [2.45, 2.75) is 32.5 Å². The molecular formula is C25H29ClN2O6. The van der Waals surface area contributed by atoms with Crippen LogP contribution in [0.15, 0.2) is 54.6 Å². The number of nitrogens with zero attached hydrogens (tertiary/aromatic N) is 1. The van der Waals surface area contributed by atoms with Crippen molar-refractivity contribution in [3.05, 3.63) is 70.7 Å². The molecular weight excluding hydrogens is 460 g/mol. The van der Waals surface area contributed by atoms with Crippen molar-refractivity contribution in [3.8, 4) is 23.3 Å². The number of ether oxygens (including phenoxy) is 3. The van der Waals surface area contributed by atoms with Crippen LogP contribution in [0.25, 0.3) is 0 Å². The largest absolute Gasteiger partial charge is 0.494 e. The molecule has 3 rings (SSSR count). The summed E-state index contributed by atoms with van der Waals surface area (Å²) in [6, 6.07) is 15.5. The lowest BCUT2D eigenvalue weighted by Crippen LogP contribution is -2.24. The summed E-state index contributed by atoms with van der Waals surface area (Å²) < 4.78 is 17.7. The minimum Gasteiger partial charge on any atom is -0.494 e. The number of aromatic hydroxyl groups is 2. The Balaban J connectivity index is 1.64. The first-order chi connectivity index (χ1) is 16.4. The molecule has 1 heterocycles. The van der Waals surface area contributed by atoms with Gasteiger partial charge in [0.15, 0.2) is 23.3 Å². The van der Waals surface area contributed by atoms with Gasteiger partial charge in [-0.3, -0.25) is 9.36 Å². The first kappa shape index (κ1) is 25.3. The van der Waals surface area contributed by atoms with E-state index in [1.807, 2.05) is 24.3 Å². The number of hydrogen-bond acceptors (Lipinski definition) is 7. The molecule has 1 aromatic heterocycles. The zero-order chi connectivity index (χ0) is 24.5. The first-order valence-electron chi connectivity index (χ1n) is 10.9. The van der Waals surface area contributed by atoms with Crippen LogP contribution < -0.4 is 14.8 Å². The van der Waals surface area contributed by atoms with E-state index in [9.17, 15) is 15.0 Å². The summed E-state index contributed by atoms with van der Waals surface area (Å²) in [6.07, 6.45) is 0.187. The molecule has 3 aromatic rings. The number of benzene rings is 2. The molecule has 0 aliphatic rings. The zero-order valence-electron chi connectivity index (χ0n) is 19.2. The van der Waals surface area contributed by atoms with Gasteiger partial charge in [-0.25, -0.2) is 0 Å². The van der Waals surface area contributed by atoms with Crippen LogP contribution in [0, 0.1) is 0 Å². The van der Waals surface area contributed by atoms with Crippen LogP contribution in [0.2, 0.25) is 5.02 Å². The zero-order valence-corrected chi connectivity index (χ0v) is 19.9. The van der Waals surface area contributed by atoms with Gasteiger partial charge in [0.2, 0.25) is 0 Å². The molecule has 0 radical (unpaired) electrons. The van der Waals surface area contributed by atoms with Crippen molar-refractivity contribution >= 4 is 17.6 Å². The van der Waals surface area contributed by atoms with Gasteiger partial charge in [0.25, 0.3) is 0 Å². The van der Waals surface area contributed by atoms with Gasteiger partial charge in [0, 0.05) is 29.7 Å². The van der Waals surface area contributed by atoms with Gasteiger partial charge >= 0.3 is 5.97 Å². The van der Waals surface area contributed by atoms with E-state index in [0.29, 0.717) is 29.7 Å². The van der Waals surface area contributed by atoms with Crippen molar-refractivity contribution in [3.63, 3.8) is 0 Å². The highest BCUT2D eigenvalue weighted by molar-refractivity contribution is 6.30. The van der Waals surface area contributed by atoms with Gasteiger partial charge < -0.3 is 29.7 Å². The Kier molecular flexibility index (Phi) is 9.07. The molecule has 0 bridgehead atoms. The predicted molar refractivity (Wildman–Crippen MR) is 129 cm³/mol. The maximum Gasteiger partial charge on any atom is 0.307 e. The van der Waals surface area contributed by atoms with Crippen LogP contribution in [-0.4, -0.2) is 41.1 Å². The lowest BCUT2D eigenvalue weighted by atomic mass is 10.0. The second-order valence-electron chi connectivity index (χ2n) is 7.53. The molecule has 182 valence electrons. The highest BCUT2D eigenvalue weighted by Gasteiger charge is 2.17. The highest BCUT2D eigenvalue weighted by atomic mass is 35.5. The molecule has 1 unspecified atom stereocenters. The number of esters is 1. The Hall–Kier alpha value is -3.36. The van der Waals surface area contributed by atoms with Crippen molar-refractivity contribution in [1.82, 2.24) is 9.88 Å². The fraction of sp³-hybridized carbons (Fsp3) is 0.320. The van der Waals surface area contributed by atoms with E-state index < -0.39 is 0 Å². The molecule has 0 saturated carbocycles. The summed E-state index contributed by atoms with van der Waals surface area (Å²) in [5, 5.41) is 23.5. The van der Waals surface area contributed by atoms with Gasteiger partial charge in [0.05, 0.1) is 26.7 Å². The fourth-order valence-corrected chi connectivity index (χ4v) is 3.62. The van der Waals surface area contributed by atoms with Gasteiger partial charge in [-0.05, 0) is 42.3 Å². The average Bonchev–Trinajstić information content (AvgIpc) is 3.15. The van der Waals surface area contributed by atoms with Gasteiger partial charge in [-0.1, -0.05) is 29.8 Å². The maximum absolute atomic E-state index is 12.1. The summed E-state index contributed by atoms with van der Waals surface area (Å²) in [5.41, 5.74) is 1.87. The quantitative estimate of drug-likeness (QED) is 0.324. The summed E-state index contributed by atoms with van der Waals surface area (Å²) in [7, 11) is 1.56. The van der Waals surface area contributed by atoms with Gasteiger partial charge in [-0.15, -0.1) is 0 Å². The minimum absolute atomic E-state index is 0.0347. The van der Waals surface area contributed by atoms with Crippen LogP contribution in [0.5, 0.6) is 23.3 Å². The lowest BCUT2D eigenvalue weighted by molar-refractivity contribution is -0.143. The van der Waals surface area contributed by atoms with Crippen LogP contribution in [0.4, 0.5) is 0 Å². The minimum atomic E-state index is -0.281. The topological polar surface area (TPSA) is 102 Å². The van der Waals surface area contributed by atoms with Crippen molar-refractivity contribution in [1.29, 1.82) is 0 Å². The van der Waals surface area contributed by atoms with Gasteiger partial charge in [0.1, 0.15) is 6.61 Å². The molecule has 0 amide bonds. The molecule has 9 heteroatoms. The highest BCUT2D eigenvalue weighted by Crippen LogP contribution is 2.29. The third-order valence-corrected chi connectivity index (χ3v) is 5.49. The Morgan fingerprint density at radius 3 is 2.41 bits per heavy atom. The number of nitrogens with one attached hydrogen (secondary N) is 1. The number of carbonyl (C=O) groups is 1. The first-order valence-corrected chi connectivity index (χ1v) is 11.3. The third kappa shape index (κ3) is 6.82. The standard InChI is InChI=1S/C25H29ClN2O6/c1-3-33-25(31)15-20(18-5-7-19(26)8-6-18)27-16-17-4-9-21(22(14-17)32-2)34-13-12-28-23(29)10-11-24(28)30/h4-11,14,20,27,29-30H,3,12-13,15-16H2,1-2H3. The smallest absolute Gasteiger partial charge is 0.307 e. The fourth-order valence-electron chi connectivity index (χ4n) is 3.49. The molecule has 0 aliphatic heterocycles. The van der Waals surface area contributed by atoms with Crippen LogP contribution in [-0.2, 0) is 22.6 Å². The molecule has 8 nitrogen and oxygen atoms in total. The number of carbonyl (C=O) groups excluding carboxylic acids is 1. The monoisotopic (exact) mass is 488 g/mol. The second kappa shape index (κ2) is 12.2. The Morgan fingerprint density at radius 1 is 1.06 bits per heavy atom. The van der Waals surface area contributed by atoms with E-state index in [-0.39, 0.29) is 43.3 Å². The maximum atomic E-state index is 12.1. The molecule has 1 atom stereocenters. The molecule has 0 fully saturated rings. The van der Waals surface area contributed by atoms with Gasteiger partial charge in [-0.2, -0.15) is 0 Å². The number of methoxy groups -OCH3 is 1. The van der Waals surface area contributed by atoms with Crippen LogP contribution in [0.1, 0.15) is 30.5 Å². The second-order valence-corrected chi connectivity index (χ2v) is 7.97. The number of aromatic nitrogens is 1. The van der Waals surface area contributed by atoms with E-state index in [4.69, 9.17) is 25.8 Å². The summed E-state index contributed by atoms with van der Waals surface area (Å²) in [6.45, 7) is 3.08. The Bertz CT molecular complexity index is 1060. The number of halogens is 1. The van der Waals surface area contributed by atoms with Crippen LogP contribution >= 0.6 is 11.6 Å². The molecule has 0 spiro atoms. The molecule has 0 saturated heterocycles. The van der Waals surface area contributed by atoms with E-state index in [2.05, 4.69) is 5.32 Å². The Labute approximate surface area is 203 Å². The molecule has 3 N–H and O–H groups in total. The van der Waals surface area contributed by atoms with Crippen molar-refractivity contribution in [2.24, 2.45) is 0 Å². The number of rotatable bonds is 12. The summed E-state index contributed by atoms with van der Waals surface area (Å²) in [5.74, 6) is 0.739. The summed E-state index contributed by atoms with van der Waals surface area (Å²) in [4.78, 5) is 12.1. The van der Waals surface area contributed by atoms with E-state index in [0.717, 1.165) is 11.1 Å². The normalized spacial score (nSPS) is 11.7. The Morgan fingerprint density at radius 2 is 1.76 bits per heavy atom. The average molecular weight is 489 g/mol. The van der Waals surface area contributed by atoms with E-state index >= 15 is 0 Å². The third-order valence-electron chi connectivity index (χ3n) is 5.24. The number of hydrogen-bond donors (Lipinski definition) is 3. The van der Waals surface area contributed by atoms with E-state index in [1.165, 1.54) is 16.7 Å². The van der Waals surface area contributed by atoms with Crippen LogP contribution in [0.3, 0.4) is 0 Å². The molecule has 34 heavy (non-hydrogen) atoms. The van der Waals surface area contributed by atoms with Crippen molar-refractivity contribution < 1.29 is 29.2 Å². The molecule has 0 aliphatic carbocycles. The summed E-state index contributed by atoms with van der Waals surface area (Å²) >= 11 is 6.01.